The first-order valence-corrected chi connectivity index (χ1v) is 19.3. The number of rotatable bonds is 6. The lowest BCUT2D eigenvalue weighted by Crippen LogP contribution is -1.96. The molecule has 0 aliphatic heterocycles. The van der Waals surface area contributed by atoms with E-state index in [2.05, 4.69) is 174 Å². The third-order valence-corrected chi connectivity index (χ3v) is 11.0. The molecule has 0 spiro atoms. The highest BCUT2D eigenvalue weighted by molar-refractivity contribution is 6.28. The Kier molecular flexibility index (Phi) is 7.78. The highest BCUT2D eigenvalue weighted by Crippen LogP contribution is 2.43. The average Bonchev–Trinajstić information content (AvgIpc) is 3.64. The first kappa shape index (κ1) is 32.7. The van der Waals surface area contributed by atoms with Gasteiger partial charge in [-0.25, -0.2) is 15.0 Å². The Bertz CT molecular complexity index is 3190. The Labute approximate surface area is 330 Å². The summed E-state index contributed by atoms with van der Waals surface area (Å²) in [5.74, 6) is 0.695. The van der Waals surface area contributed by atoms with Crippen LogP contribution in [0.4, 0.5) is 0 Å². The molecule has 0 N–H and O–H groups in total. The Balaban J connectivity index is 1.06. The molecule has 0 bridgehead atoms. The number of benzene rings is 8. The summed E-state index contributed by atoms with van der Waals surface area (Å²) in [5, 5.41) is 5.92. The van der Waals surface area contributed by atoms with Crippen LogP contribution in [0.15, 0.2) is 206 Å². The van der Waals surface area contributed by atoms with Crippen LogP contribution in [0, 0.1) is 0 Å². The Morgan fingerprint density at radius 3 is 1.53 bits per heavy atom. The summed E-state index contributed by atoms with van der Waals surface area (Å²) in [5.41, 5.74) is 13.6. The van der Waals surface area contributed by atoms with Crippen molar-refractivity contribution in [2.45, 2.75) is 0 Å². The fourth-order valence-electron chi connectivity index (χ4n) is 8.30. The maximum atomic E-state index is 5.51. The summed E-state index contributed by atoms with van der Waals surface area (Å²) in [6.45, 7) is 0. The predicted octanol–water partition coefficient (Wildman–Crippen LogP) is 13.6. The molecule has 0 atom stereocenters. The van der Waals surface area contributed by atoms with Gasteiger partial charge in [0.2, 0.25) is 0 Å². The molecule has 0 radical (unpaired) electrons. The Morgan fingerprint density at radius 1 is 0.316 bits per heavy atom. The van der Waals surface area contributed by atoms with Crippen LogP contribution < -0.4 is 0 Å². The summed E-state index contributed by atoms with van der Waals surface area (Å²) >= 11 is 0. The minimum atomic E-state index is 0.695. The van der Waals surface area contributed by atoms with Gasteiger partial charge in [-0.2, -0.15) is 0 Å². The molecule has 11 rings (SSSR count). The molecular formula is C53H34N4. The molecule has 8 aromatic carbocycles. The van der Waals surface area contributed by atoms with Crippen LogP contribution in [-0.2, 0) is 0 Å². The van der Waals surface area contributed by atoms with E-state index in [1.165, 1.54) is 32.6 Å². The number of para-hydroxylation sites is 2. The smallest absolute Gasteiger partial charge is 0.160 e. The van der Waals surface area contributed by atoms with Crippen LogP contribution in [0.25, 0.3) is 105 Å². The molecule has 57 heavy (non-hydrogen) atoms. The van der Waals surface area contributed by atoms with Gasteiger partial charge in [0, 0.05) is 49.5 Å². The lowest BCUT2D eigenvalue weighted by Gasteiger charge is -2.14. The number of hydrogen-bond acceptors (Lipinski definition) is 3. The van der Waals surface area contributed by atoms with Crippen molar-refractivity contribution in [3.8, 4) is 62.0 Å². The average molecular weight is 727 g/mol. The highest BCUT2D eigenvalue weighted by atomic mass is 15.0. The Hall–Kier alpha value is -7.69. The van der Waals surface area contributed by atoms with Gasteiger partial charge in [-0.15, -0.1) is 0 Å². The van der Waals surface area contributed by atoms with Crippen LogP contribution >= 0.6 is 0 Å². The Morgan fingerprint density at radius 2 is 0.860 bits per heavy atom. The molecule has 3 aromatic heterocycles. The minimum Gasteiger partial charge on any atom is -0.309 e. The fourth-order valence-corrected chi connectivity index (χ4v) is 8.30. The second kappa shape index (κ2) is 13.6. The molecule has 266 valence electrons. The molecule has 0 amide bonds. The molecule has 4 heteroatoms. The van der Waals surface area contributed by atoms with Crippen molar-refractivity contribution in [1.82, 2.24) is 19.5 Å². The van der Waals surface area contributed by atoms with E-state index < -0.39 is 0 Å². The fraction of sp³-hybridized carbons (Fsp3) is 0. The van der Waals surface area contributed by atoms with Crippen molar-refractivity contribution in [2.24, 2.45) is 0 Å². The predicted molar refractivity (Wildman–Crippen MR) is 236 cm³/mol. The van der Waals surface area contributed by atoms with E-state index in [-0.39, 0.29) is 0 Å². The van der Waals surface area contributed by atoms with Gasteiger partial charge in [-0.3, -0.25) is 0 Å². The molecule has 0 aliphatic carbocycles. The second-order valence-corrected chi connectivity index (χ2v) is 14.4. The van der Waals surface area contributed by atoms with Crippen molar-refractivity contribution >= 4 is 43.5 Å². The van der Waals surface area contributed by atoms with Gasteiger partial charge < -0.3 is 4.57 Å². The van der Waals surface area contributed by atoms with Crippen molar-refractivity contribution < 1.29 is 0 Å². The van der Waals surface area contributed by atoms with Gasteiger partial charge in [0.05, 0.1) is 33.6 Å². The van der Waals surface area contributed by atoms with E-state index in [0.717, 1.165) is 67.1 Å². The molecule has 3 heterocycles. The second-order valence-electron chi connectivity index (χ2n) is 14.4. The SMILES string of the molecule is c1ccc(-c2cc(-c3ccccc3)nc(-c3ccc(-c4ccc5c(c4)nc(-c4ccccc4)c4c5ccc5c4c4ccccc4n5-c4ccccc4)cc3)n2)cc1. The van der Waals surface area contributed by atoms with E-state index >= 15 is 0 Å². The molecule has 11 aromatic rings. The molecule has 0 unspecified atom stereocenters. The normalized spacial score (nSPS) is 11.5. The summed E-state index contributed by atoms with van der Waals surface area (Å²) in [6.07, 6.45) is 0. The first-order valence-electron chi connectivity index (χ1n) is 19.3. The molecule has 4 nitrogen and oxygen atoms in total. The summed E-state index contributed by atoms with van der Waals surface area (Å²) < 4.78 is 2.38. The van der Waals surface area contributed by atoms with Crippen molar-refractivity contribution in [1.29, 1.82) is 0 Å². The molecular weight excluding hydrogens is 693 g/mol. The number of nitrogens with zero attached hydrogens (tertiary/aromatic N) is 4. The van der Waals surface area contributed by atoms with E-state index in [1.807, 2.05) is 36.4 Å². The molecule has 0 fully saturated rings. The van der Waals surface area contributed by atoms with Crippen molar-refractivity contribution in [3.63, 3.8) is 0 Å². The largest absolute Gasteiger partial charge is 0.309 e. The molecule has 0 saturated carbocycles. The maximum absolute atomic E-state index is 5.51. The van der Waals surface area contributed by atoms with Crippen LogP contribution in [0.5, 0.6) is 0 Å². The lowest BCUT2D eigenvalue weighted by molar-refractivity contribution is 1.18. The van der Waals surface area contributed by atoms with Crippen molar-refractivity contribution in [2.75, 3.05) is 0 Å². The lowest BCUT2D eigenvalue weighted by atomic mass is 9.94. The van der Waals surface area contributed by atoms with E-state index in [4.69, 9.17) is 15.0 Å². The van der Waals surface area contributed by atoms with Gasteiger partial charge in [-0.05, 0) is 52.9 Å². The van der Waals surface area contributed by atoms with Gasteiger partial charge in [-0.1, -0.05) is 170 Å². The van der Waals surface area contributed by atoms with Crippen LogP contribution in [-0.4, -0.2) is 19.5 Å². The topological polar surface area (TPSA) is 43.6 Å². The number of pyridine rings is 1. The molecule has 0 aliphatic rings. The maximum Gasteiger partial charge on any atom is 0.160 e. The summed E-state index contributed by atoms with van der Waals surface area (Å²) in [6, 6.07) is 72.5. The number of fused-ring (bicyclic) bond motifs is 7. The van der Waals surface area contributed by atoms with E-state index in [0.29, 0.717) is 5.82 Å². The van der Waals surface area contributed by atoms with Crippen molar-refractivity contribution in [3.05, 3.63) is 206 Å². The van der Waals surface area contributed by atoms with Crippen LogP contribution in [0.3, 0.4) is 0 Å². The van der Waals surface area contributed by atoms with E-state index in [1.54, 1.807) is 0 Å². The standard InChI is InChI=1S/C53H34N4/c1-5-15-36(16-6-1)45-34-46(37-17-7-2-8-18-37)56-53(55-45)39-27-25-35(26-28-39)40-29-30-42-43-31-32-49-50(51(43)52(54-47(42)33-40)38-19-9-3-10-20-38)44-23-13-14-24-48(44)57(49)41-21-11-4-12-22-41/h1-34H. The van der Waals surface area contributed by atoms with Gasteiger partial charge in [0.1, 0.15) is 0 Å². The van der Waals surface area contributed by atoms with Gasteiger partial charge >= 0.3 is 0 Å². The van der Waals surface area contributed by atoms with Gasteiger partial charge in [0.15, 0.2) is 5.82 Å². The zero-order valence-corrected chi connectivity index (χ0v) is 30.9. The quantitative estimate of drug-likeness (QED) is 0.160. The summed E-state index contributed by atoms with van der Waals surface area (Å²) in [4.78, 5) is 15.6. The minimum absolute atomic E-state index is 0.695. The van der Waals surface area contributed by atoms with Gasteiger partial charge in [0.25, 0.3) is 0 Å². The highest BCUT2D eigenvalue weighted by Gasteiger charge is 2.20. The zero-order chi connectivity index (χ0) is 37.7. The van der Waals surface area contributed by atoms with E-state index in [9.17, 15) is 0 Å². The third-order valence-electron chi connectivity index (χ3n) is 11.0. The zero-order valence-electron chi connectivity index (χ0n) is 30.9. The number of hydrogen-bond donors (Lipinski definition) is 0. The molecule has 0 saturated heterocycles. The summed E-state index contributed by atoms with van der Waals surface area (Å²) in [7, 11) is 0. The number of aromatic nitrogens is 4. The van der Waals surface area contributed by atoms with Crippen LogP contribution in [0.1, 0.15) is 0 Å². The monoisotopic (exact) mass is 726 g/mol. The third kappa shape index (κ3) is 5.66. The first-order chi connectivity index (χ1) is 28.3. The van der Waals surface area contributed by atoms with Crippen LogP contribution in [0.2, 0.25) is 0 Å².